The van der Waals surface area contributed by atoms with Crippen molar-refractivity contribution >= 4 is 38.3 Å². The number of benzene rings is 2. The van der Waals surface area contributed by atoms with Gasteiger partial charge in [0.2, 0.25) is 5.91 Å². The molecule has 5 nitrogen and oxygen atoms in total. The predicted molar refractivity (Wildman–Crippen MR) is 111 cm³/mol. The second-order valence-electron chi connectivity index (χ2n) is 5.85. The summed E-state index contributed by atoms with van der Waals surface area (Å²) < 4.78 is 11.5. The number of ether oxygens (including phenoxy) is 2. The molecule has 0 aliphatic carbocycles. The zero-order valence-electron chi connectivity index (χ0n) is 15.0. The van der Waals surface area contributed by atoms with Crippen LogP contribution in [-0.4, -0.2) is 25.1 Å². The van der Waals surface area contributed by atoms with Gasteiger partial charge in [-0.1, -0.05) is 34.1 Å². The van der Waals surface area contributed by atoms with Crippen molar-refractivity contribution in [3.05, 3.63) is 69.1 Å². The molecule has 1 N–H and O–H groups in total. The van der Waals surface area contributed by atoms with E-state index in [0.29, 0.717) is 16.6 Å². The standard InChI is InChI=1S/C20H19BrN2O3S/c1-25-17-8-5-14(10-18(17)26-2)11-19(24)23-20-22-12-16(27-20)9-13-3-6-15(21)7-4-13/h3-8,10,12H,9,11H2,1-2H3,(H,22,23,24). The lowest BCUT2D eigenvalue weighted by atomic mass is 10.1. The van der Waals surface area contributed by atoms with E-state index >= 15 is 0 Å². The first-order valence-corrected chi connectivity index (χ1v) is 9.88. The van der Waals surface area contributed by atoms with Crippen LogP contribution in [0.15, 0.2) is 53.1 Å². The van der Waals surface area contributed by atoms with Gasteiger partial charge < -0.3 is 14.8 Å². The molecule has 27 heavy (non-hydrogen) atoms. The van der Waals surface area contributed by atoms with E-state index in [-0.39, 0.29) is 12.3 Å². The molecule has 0 fully saturated rings. The molecule has 1 aromatic heterocycles. The molecule has 2 aromatic carbocycles. The molecule has 0 unspecified atom stereocenters. The molecule has 0 spiro atoms. The number of aromatic nitrogens is 1. The highest BCUT2D eigenvalue weighted by Gasteiger charge is 2.11. The van der Waals surface area contributed by atoms with Gasteiger partial charge in [-0.05, 0) is 35.4 Å². The monoisotopic (exact) mass is 446 g/mol. The van der Waals surface area contributed by atoms with Crippen LogP contribution < -0.4 is 14.8 Å². The van der Waals surface area contributed by atoms with Crippen molar-refractivity contribution in [2.24, 2.45) is 0 Å². The Kier molecular flexibility index (Phi) is 6.47. The lowest BCUT2D eigenvalue weighted by Crippen LogP contribution is -2.14. The highest BCUT2D eigenvalue weighted by atomic mass is 79.9. The van der Waals surface area contributed by atoms with Gasteiger partial charge in [0.15, 0.2) is 16.6 Å². The molecule has 0 aliphatic rings. The summed E-state index contributed by atoms with van der Waals surface area (Å²) in [7, 11) is 3.16. The smallest absolute Gasteiger partial charge is 0.230 e. The van der Waals surface area contributed by atoms with Crippen LogP contribution in [0.1, 0.15) is 16.0 Å². The topological polar surface area (TPSA) is 60.5 Å². The van der Waals surface area contributed by atoms with Crippen molar-refractivity contribution in [2.75, 3.05) is 19.5 Å². The van der Waals surface area contributed by atoms with Crippen LogP contribution in [0.5, 0.6) is 11.5 Å². The maximum atomic E-state index is 12.3. The van der Waals surface area contributed by atoms with Crippen molar-refractivity contribution in [3.8, 4) is 11.5 Å². The first-order chi connectivity index (χ1) is 13.1. The highest BCUT2D eigenvalue weighted by molar-refractivity contribution is 9.10. The Morgan fingerprint density at radius 1 is 1.07 bits per heavy atom. The third-order valence-electron chi connectivity index (χ3n) is 3.90. The Hall–Kier alpha value is -2.38. The number of carbonyl (C=O) groups is 1. The van der Waals surface area contributed by atoms with Crippen LogP contribution in [0.4, 0.5) is 5.13 Å². The van der Waals surface area contributed by atoms with E-state index in [1.165, 1.54) is 16.9 Å². The molecule has 0 atom stereocenters. The molecule has 0 saturated carbocycles. The van der Waals surface area contributed by atoms with Crippen LogP contribution >= 0.6 is 27.3 Å². The molecule has 0 bridgehead atoms. The third-order valence-corrected chi connectivity index (χ3v) is 5.35. The number of hydrogen-bond donors (Lipinski definition) is 1. The molecule has 7 heteroatoms. The van der Waals surface area contributed by atoms with E-state index in [1.807, 2.05) is 18.2 Å². The zero-order valence-corrected chi connectivity index (χ0v) is 17.4. The van der Waals surface area contributed by atoms with Gasteiger partial charge in [-0.2, -0.15) is 0 Å². The largest absolute Gasteiger partial charge is 0.493 e. The van der Waals surface area contributed by atoms with E-state index in [0.717, 1.165) is 21.3 Å². The number of nitrogens with zero attached hydrogens (tertiary/aromatic N) is 1. The van der Waals surface area contributed by atoms with Gasteiger partial charge in [0.25, 0.3) is 0 Å². The number of anilines is 1. The average molecular weight is 447 g/mol. The summed E-state index contributed by atoms with van der Waals surface area (Å²) in [5.74, 6) is 1.12. The maximum absolute atomic E-state index is 12.3. The van der Waals surface area contributed by atoms with E-state index in [2.05, 4.69) is 38.4 Å². The third kappa shape index (κ3) is 5.30. The SMILES string of the molecule is COc1ccc(CC(=O)Nc2ncc(Cc3ccc(Br)cc3)s2)cc1OC. The number of thiazole rings is 1. The fourth-order valence-electron chi connectivity index (χ4n) is 2.59. The number of rotatable bonds is 7. The highest BCUT2D eigenvalue weighted by Crippen LogP contribution is 2.28. The molecule has 3 aromatic rings. The number of nitrogens with one attached hydrogen (secondary N) is 1. The van der Waals surface area contributed by atoms with Crippen molar-refractivity contribution in [3.63, 3.8) is 0 Å². The number of hydrogen-bond acceptors (Lipinski definition) is 5. The van der Waals surface area contributed by atoms with Gasteiger partial charge in [0, 0.05) is 22.0 Å². The number of methoxy groups -OCH3 is 2. The van der Waals surface area contributed by atoms with Gasteiger partial charge >= 0.3 is 0 Å². The van der Waals surface area contributed by atoms with Crippen LogP contribution in [-0.2, 0) is 17.6 Å². The van der Waals surface area contributed by atoms with Crippen LogP contribution in [0, 0.1) is 0 Å². The Balaban J connectivity index is 1.60. The Morgan fingerprint density at radius 2 is 1.78 bits per heavy atom. The number of amides is 1. The molecule has 0 radical (unpaired) electrons. The molecular weight excluding hydrogens is 428 g/mol. The summed E-state index contributed by atoms with van der Waals surface area (Å²) >= 11 is 4.92. The first-order valence-electron chi connectivity index (χ1n) is 8.27. The Bertz CT molecular complexity index is 925. The van der Waals surface area contributed by atoms with Gasteiger partial charge in [-0.3, -0.25) is 4.79 Å². The van der Waals surface area contributed by atoms with E-state index < -0.39 is 0 Å². The van der Waals surface area contributed by atoms with Gasteiger partial charge in [0.1, 0.15) is 0 Å². The molecular formula is C20H19BrN2O3S. The lowest BCUT2D eigenvalue weighted by Gasteiger charge is -2.09. The molecule has 3 rings (SSSR count). The fraction of sp³-hybridized carbons (Fsp3) is 0.200. The zero-order chi connectivity index (χ0) is 19.2. The summed E-state index contributed by atoms with van der Waals surface area (Å²) in [5.41, 5.74) is 2.04. The molecule has 0 aliphatic heterocycles. The van der Waals surface area contributed by atoms with E-state index in [4.69, 9.17) is 9.47 Å². The molecule has 0 saturated heterocycles. The van der Waals surface area contributed by atoms with Gasteiger partial charge in [-0.15, -0.1) is 11.3 Å². The maximum Gasteiger partial charge on any atom is 0.230 e. The molecule has 140 valence electrons. The van der Waals surface area contributed by atoms with Crippen molar-refractivity contribution in [1.82, 2.24) is 4.98 Å². The van der Waals surface area contributed by atoms with Crippen LogP contribution in [0.25, 0.3) is 0 Å². The minimum atomic E-state index is -0.119. The molecule has 1 amide bonds. The van der Waals surface area contributed by atoms with Crippen molar-refractivity contribution in [1.29, 1.82) is 0 Å². The number of carbonyl (C=O) groups excluding carboxylic acids is 1. The quantitative estimate of drug-likeness (QED) is 0.571. The van der Waals surface area contributed by atoms with E-state index in [9.17, 15) is 4.79 Å². The first kappa shape index (κ1) is 19.4. The minimum Gasteiger partial charge on any atom is -0.493 e. The van der Waals surface area contributed by atoms with Gasteiger partial charge in [0.05, 0.1) is 20.6 Å². The summed E-state index contributed by atoms with van der Waals surface area (Å²) in [4.78, 5) is 17.7. The Labute approximate surface area is 170 Å². The van der Waals surface area contributed by atoms with Crippen LogP contribution in [0.2, 0.25) is 0 Å². The normalized spacial score (nSPS) is 10.5. The summed E-state index contributed by atoms with van der Waals surface area (Å²) in [5, 5.41) is 3.46. The lowest BCUT2D eigenvalue weighted by molar-refractivity contribution is -0.115. The van der Waals surface area contributed by atoms with Crippen LogP contribution in [0.3, 0.4) is 0 Å². The van der Waals surface area contributed by atoms with Gasteiger partial charge in [-0.25, -0.2) is 4.98 Å². The second kappa shape index (κ2) is 9.01. The minimum absolute atomic E-state index is 0.119. The average Bonchev–Trinajstić information content (AvgIpc) is 3.10. The van der Waals surface area contributed by atoms with Crippen molar-refractivity contribution < 1.29 is 14.3 Å². The summed E-state index contributed by atoms with van der Waals surface area (Å²) in [6.07, 6.45) is 2.83. The fourth-order valence-corrected chi connectivity index (χ4v) is 3.72. The predicted octanol–water partition coefficient (Wildman–Crippen LogP) is 4.69. The van der Waals surface area contributed by atoms with Crippen molar-refractivity contribution in [2.45, 2.75) is 12.8 Å². The summed E-state index contributed by atoms with van der Waals surface area (Å²) in [6.45, 7) is 0. The molecule has 1 heterocycles. The van der Waals surface area contributed by atoms with E-state index in [1.54, 1.807) is 32.5 Å². The Morgan fingerprint density at radius 3 is 2.48 bits per heavy atom. The number of halogens is 1. The summed E-state index contributed by atoms with van der Waals surface area (Å²) in [6, 6.07) is 13.6. The second-order valence-corrected chi connectivity index (χ2v) is 7.88.